The van der Waals surface area contributed by atoms with Crippen molar-refractivity contribution >= 4 is 0 Å². The van der Waals surface area contributed by atoms with Crippen LogP contribution in [0.3, 0.4) is 0 Å². The Morgan fingerprint density at radius 3 is 2.92 bits per heavy atom. The van der Waals surface area contributed by atoms with Crippen molar-refractivity contribution in [3.63, 3.8) is 0 Å². The minimum absolute atomic E-state index is 0.494. The average Bonchev–Trinajstić information content (AvgIpc) is 2.19. The van der Waals surface area contributed by atoms with Gasteiger partial charge in [-0.15, -0.1) is 0 Å². The standard InChI is InChI=1S/C11H15N2/c1-13-8-7-12-11(9-13)10-5-3-2-4-6-10/h3-6,11-12H,7-9H2,1H3. The lowest BCUT2D eigenvalue weighted by Crippen LogP contribution is -2.43. The summed E-state index contributed by atoms with van der Waals surface area (Å²) in [5, 5.41) is 3.51. The molecule has 0 aliphatic carbocycles. The van der Waals surface area contributed by atoms with Crippen LogP contribution in [0, 0.1) is 6.07 Å². The van der Waals surface area contributed by atoms with Gasteiger partial charge in [-0.2, -0.15) is 0 Å². The zero-order chi connectivity index (χ0) is 9.10. The third-order valence-electron chi connectivity index (χ3n) is 2.52. The van der Waals surface area contributed by atoms with Crippen LogP contribution in [0.25, 0.3) is 0 Å². The molecule has 1 saturated heterocycles. The summed E-state index contributed by atoms with van der Waals surface area (Å²) in [7, 11) is 2.17. The molecule has 1 heterocycles. The fourth-order valence-corrected chi connectivity index (χ4v) is 1.75. The average molecular weight is 175 g/mol. The molecule has 0 amide bonds. The first-order valence-corrected chi connectivity index (χ1v) is 4.74. The Kier molecular flexibility index (Phi) is 2.62. The topological polar surface area (TPSA) is 15.3 Å². The van der Waals surface area contributed by atoms with Crippen LogP contribution in [0.1, 0.15) is 11.6 Å². The van der Waals surface area contributed by atoms with E-state index in [1.54, 1.807) is 0 Å². The summed E-state index contributed by atoms with van der Waals surface area (Å²) >= 11 is 0. The molecular formula is C11H15N2. The predicted molar refractivity (Wildman–Crippen MR) is 53.5 cm³/mol. The van der Waals surface area contributed by atoms with Gasteiger partial charge in [-0.1, -0.05) is 24.3 Å². The normalized spacial score (nSPS) is 24.5. The molecule has 2 heteroatoms. The van der Waals surface area contributed by atoms with E-state index in [0.29, 0.717) is 6.04 Å². The van der Waals surface area contributed by atoms with E-state index in [-0.39, 0.29) is 0 Å². The predicted octanol–water partition coefficient (Wildman–Crippen LogP) is 1.06. The highest BCUT2D eigenvalue weighted by molar-refractivity contribution is 5.19. The number of likely N-dealkylation sites (N-methyl/N-ethyl adjacent to an activating group) is 1. The van der Waals surface area contributed by atoms with Crippen LogP contribution in [-0.4, -0.2) is 31.6 Å². The zero-order valence-electron chi connectivity index (χ0n) is 7.96. The molecule has 1 unspecified atom stereocenters. The molecule has 1 aliphatic heterocycles. The molecule has 0 aromatic heterocycles. The SMILES string of the molecule is CN1CCNC(c2cc[c]cc2)C1. The highest BCUT2D eigenvalue weighted by Gasteiger charge is 2.17. The van der Waals surface area contributed by atoms with Crippen LogP contribution in [0.15, 0.2) is 24.3 Å². The third kappa shape index (κ3) is 2.08. The summed E-state index contributed by atoms with van der Waals surface area (Å²) in [5.41, 5.74) is 1.37. The largest absolute Gasteiger partial charge is 0.308 e. The van der Waals surface area contributed by atoms with Crippen LogP contribution >= 0.6 is 0 Å². The minimum Gasteiger partial charge on any atom is -0.308 e. The van der Waals surface area contributed by atoms with Gasteiger partial charge in [-0.25, -0.2) is 0 Å². The van der Waals surface area contributed by atoms with E-state index < -0.39 is 0 Å². The molecule has 0 bridgehead atoms. The number of piperazine rings is 1. The monoisotopic (exact) mass is 175 g/mol. The Morgan fingerprint density at radius 2 is 2.23 bits per heavy atom. The molecule has 0 saturated carbocycles. The van der Waals surface area contributed by atoms with Crippen LogP contribution < -0.4 is 5.32 Å². The molecule has 69 valence electrons. The highest BCUT2D eigenvalue weighted by Crippen LogP contribution is 2.15. The van der Waals surface area contributed by atoms with Gasteiger partial charge >= 0.3 is 0 Å². The lowest BCUT2D eigenvalue weighted by molar-refractivity contribution is 0.241. The van der Waals surface area contributed by atoms with Crippen LogP contribution in [0.5, 0.6) is 0 Å². The van der Waals surface area contributed by atoms with Gasteiger partial charge in [0.15, 0.2) is 0 Å². The van der Waals surface area contributed by atoms with E-state index in [1.807, 2.05) is 12.1 Å². The lowest BCUT2D eigenvalue weighted by Gasteiger charge is -2.31. The van der Waals surface area contributed by atoms with Gasteiger partial charge in [-0.3, -0.25) is 0 Å². The van der Waals surface area contributed by atoms with Crippen molar-refractivity contribution < 1.29 is 0 Å². The van der Waals surface area contributed by atoms with Gasteiger partial charge in [0.25, 0.3) is 0 Å². The minimum atomic E-state index is 0.494. The van der Waals surface area contributed by atoms with Crippen molar-refractivity contribution in [3.8, 4) is 0 Å². The number of benzene rings is 1. The van der Waals surface area contributed by atoms with Crippen molar-refractivity contribution in [1.29, 1.82) is 0 Å². The van der Waals surface area contributed by atoms with Crippen LogP contribution in [0.2, 0.25) is 0 Å². The van der Waals surface area contributed by atoms with Crippen molar-refractivity contribution in [1.82, 2.24) is 10.2 Å². The summed E-state index contributed by atoms with van der Waals surface area (Å²) < 4.78 is 0. The lowest BCUT2D eigenvalue weighted by atomic mass is 10.1. The van der Waals surface area contributed by atoms with Gasteiger partial charge in [0, 0.05) is 25.7 Å². The first kappa shape index (κ1) is 8.73. The van der Waals surface area contributed by atoms with E-state index in [2.05, 4.69) is 35.5 Å². The number of rotatable bonds is 1. The van der Waals surface area contributed by atoms with E-state index in [9.17, 15) is 0 Å². The Hall–Kier alpha value is -0.860. The smallest absolute Gasteiger partial charge is 0.0449 e. The number of hydrogen-bond acceptors (Lipinski definition) is 2. The highest BCUT2D eigenvalue weighted by atomic mass is 15.2. The number of hydrogen-bond donors (Lipinski definition) is 1. The van der Waals surface area contributed by atoms with E-state index in [4.69, 9.17) is 0 Å². The summed E-state index contributed by atoms with van der Waals surface area (Å²) in [5.74, 6) is 0. The summed E-state index contributed by atoms with van der Waals surface area (Å²) in [6, 6.07) is 11.8. The number of nitrogens with zero attached hydrogens (tertiary/aromatic N) is 1. The van der Waals surface area contributed by atoms with Gasteiger partial charge in [0.05, 0.1) is 0 Å². The quantitative estimate of drug-likeness (QED) is 0.686. The first-order valence-electron chi connectivity index (χ1n) is 4.74. The molecule has 2 rings (SSSR count). The summed E-state index contributed by atoms with van der Waals surface area (Å²) in [6.07, 6.45) is 0. The molecule has 1 N–H and O–H groups in total. The van der Waals surface area contributed by atoms with Crippen molar-refractivity contribution in [2.24, 2.45) is 0 Å². The summed E-state index contributed by atoms with van der Waals surface area (Å²) in [4.78, 5) is 2.36. The van der Waals surface area contributed by atoms with Crippen LogP contribution in [-0.2, 0) is 0 Å². The van der Waals surface area contributed by atoms with Gasteiger partial charge < -0.3 is 10.2 Å². The van der Waals surface area contributed by atoms with Gasteiger partial charge in [0.2, 0.25) is 0 Å². The van der Waals surface area contributed by atoms with Crippen molar-refractivity contribution in [2.45, 2.75) is 6.04 Å². The van der Waals surface area contributed by atoms with Crippen LogP contribution in [0.4, 0.5) is 0 Å². The maximum Gasteiger partial charge on any atom is 0.0449 e. The molecule has 0 spiro atoms. The first-order chi connectivity index (χ1) is 6.36. The Bertz CT molecular complexity index is 258. The maximum atomic E-state index is 3.51. The molecule has 1 aromatic carbocycles. The molecular weight excluding hydrogens is 160 g/mol. The molecule has 2 nitrogen and oxygen atoms in total. The zero-order valence-corrected chi connectivity index (χ0v) is 7.96. The molecule has 13 heavy (non-hydrogen) atoms. The van der Waals surface area contributed by atoms with E-state index >= 15 is 0 Å². The third-order valence-corrected chi connectivity index (χ3v) is 2.52. The Labute approximate surface area is 79.6 Å². The van der Waals surface area contributed by atoms with Gasteiger partial charge in [0.1, 0.15) is 0 Å². The van der Waals surface area contributed by atoms with E-state index in [1.165, 1.54) is 5.56 Å². The Morgan fingerprint density at radius 1 is 1.46 bits per heavy atom. The van der Waals surface area contributed by atoms with Crippen molar-refractivity contribution in [3.05, 3.63) is 35.9 Å². The molecule has 1 aliphatic rings. The molecule has 1 fully saturated rings. The van der Waals surface area contributed by atoms with Gasteiger partial charge in [-0.05, 0) is 18.7 Å². The van der Waals surface area contributed by atoms with E-state index in [0.717, 1.165) is 19.6 Å². The maximum absolute atomic E-state index is 3.51. The summed E-state index contributed by atoms with van der Waals surface area (Å²) in [6.45, 7) is 3.33. The second-order valence-electron chi connectivity index (χ2n) is 3.60. The molecule has 1 radical (unpaired) electrons. The second-order valence-corrected chi connectivity index (χ2v) is 3.60. The molecule has 1 atom stereocenters. The number of nitrogens with one attached hydrogen (secondary N) is 1. The Balaban J connectivity index is 2.08. The molecule has 1 aromatic rings. The fraction of sp³-hybridized carbons (Fsp3) is 0.455. The fourth-order valence-electron chi connectivity index (χ4n) is 1.75. The van der Waals surface area contributed by atoms with Crippen molar-refractivity contribution in [2.75, 3.05) is 26.7 Å². The second kappa shape index (κ2) is 3.90.